The van der Waals surface area contributed by atoms with E-state index in [4.69, 9.17) is 0 Å². The summed E-state index contributed by atoms with van der Waals surface area (Å²) in [4.78, 5) is 1.98. The highest BCUT2D eigenvalue weighted by atomic mass is 32.2. The first-order valence-electron chi connectivity index (χ1n) is 9.01. The van der Waals surface area contributed by atoms with Crippen LogP contribution >= 0.6 is 0 Å². The zero-order chi connectivity index (χ0) is 20.7. The van der Waals surface area contributed by atoms with Crippen molar-refractivity contribution in [2.24, 2.45) is 0 Å². The van der Waals surface area contributed by atoms with E-state index in [2.05, 4.69) is 26.7 Å². The quantitative estimate of drug-likeness (QED) is 0.767. The third-order valence-electron chi connectivity index (χ3n) is 4.80. The van der Waals surface area contributed by atoms with Crippen LogP contribution in [0.25, 0.3) is 5.70 Å². The van der Waals surface area contributed by atoms with Crippen LogP contribution in [0.2, 0.25) is 0 Å². The summed E-state index contributed by atoms with van der Waals surface area (Å²) in [6, 6.07) is 5.01. The van der Waals surface area contributed by atoms with Gasteiger partial charge >= 0.3 is 0 Å². The minimum absolute atomic E-state index is 0.0177. The summed E-state index contributed by atoms with van der Waals surface area (Å²) in [5.41, 5.74) is 0.383. The monoisotopic (exact) mass is 407 g/mol. The first kappa shape index (κ1) is 20.3. The van der Waals surface area contributed by atoms with E-state index in [0.717, 1.165) is 24.7 Å². The second-order valence-electron chi connectivity index (χ2n) is 7.53. The Morgan fingerprint density at radius 3 is 2.68 bits per heavy atom. The van der Waals surface area contributed by atoms with Crippen molar-refractivity contribution in [1.82, 2.24) is 14.7 Å². The fraction of sp³-hybridized carbons (Fsp3) is 0.421. The van der Waals surface area contributed by atoms with Crippen LogP contribution in [0.1, 0.15) is 20.3 Å². The van der Waals surface area contributed by atoms with E-state index in [1.807, 2.05) is 27.9 Å². The average molecular weight is 408 g/mol. The minimum atomic E-state index is -3.99. The number of nitrogens with zero attached hydrogens (tertiary/aromatic N) is 3. The van der Waals surface area contributed by atoms with Crippen molar-refractivity contribution in [3.05, 3.63) is 36.2 Å². The largest absolute Gasteiger partial charge is 0.370 e. The van der Waals surface area contributed by atoms with Gasteiger partial charge in [-0.1, -0.05) is 6.07 Å². The van der Waals surface area contributed by atoms with Crippen molar-refractivity contribution < 1.29 is 12.8 Å². The average Bonchev–Trinajstić information content (AvgIpc) is 2.99. The third-order valence-corrected chi connectivity index (χ3v) is 6.60. The van der Waals surface area contributed by atoms with Gasteiger partial charge in [-0.3, -0.25) is 0 Å². The van der Waals surface area contributed by atoms with E-state index in [0.29, 0.717) is 5.82 Å². The van der Waals surface area contributed by atoms with Crippen LogP contribution in [0, 0.1) is 5.82 Å². The van der Waals surface area contributed by atoms with Crippen LogP contribution in [0.3, 0.4) is 0 Å². The fourth-order valence-corrected chi connectivity index (χ4v) is 4.91. The van der Waals surface area contributed by atoms with E-state index < -0.39 is 21.2 Å². The maximum Gasteiger partial charge on any atom is 0.214 e. The van der Waals surface area contributed by atoms with Gasteiger partial charge in [0.2, 0.25) is 9.84 Å². The Labute approximate surface area is 165 Å². The Morgan fingerprint density at radius 1 is 1.36 bits per heavy atom. The van der Waals surface area contributed by atoms with Crippen molar-refractivity contribution >= 4 is 27.2 Å². The van der Waals surface area contributed by atoms with Crippen molar-refractivity contribution in [2.75, 3.05) is 38.3 Å². The van der Waals surface area contributed by atoms with E-state index in [9.17, 15) is 12.8 Å². The van der Waals surface area contributed by atoms with Gasteiger partial charge in [0.1, 0.15) is 5.82 Å². The van der Waals surface area contributed by atoms with Crippen LogP contribution in [0.15, 0.2) is 40.1 Å². The molecule has 2 N–H and O–H groups in total. The molecule has 2 aromatic rings. The molecule has 0 amide bonds. The number of hydrogen-bond donors (Lipinski definition) is 2. The number of anilines is 2. The number of sulfone groups is 1. The Bertz CT molecular complexity index is 1030. The number of allylic oxidation sites excluding steroid dienone is 1. The van der Waals surface area contributed by atoms with Gasteiger partial charge in [0.05, 0.1) is 10.4 Å². The van der Waals surface area contributed by atoms with Gasteiger partial charge in [-0.15, -0.1) is 5.10 Å². The van der Waals surface area contributed by atoms with Gasteiger partial charge in [-0.25, -0.2) is 17.5 Å². The smallest absolute Gasteiger partial charge is 0.214 e. The topological polar surface area (TPSA) is 79.3 Å². The summed E-state index contributed by atoms with van der Waals surface area (Å²) in [5, 5.41) is 10.6. The lowest BCUT2D eigenvalue weighted by Gasteiger charge is -2.34. The van der Waals surface area contributed by atoms with Crippen molar-refractivity contribution in [3.63, 3.8) is 0 Å². The van der Waals surface area contributed by atoms with Crippen LogP contribution in [0.4, 0.5) is 16.0 Å². The standard InChI is InChI=1S/C19H26FN5O2S/c1-13-12-19(2,9-10-24(4)5)22-18-16(17(21-3)23-25(13)18)28(26,27)15-8-6-7-14(20)11-15/h6-8,11-12,22H,9-10H2,1-5H3,(H,21,23). The number of aromatic nitrogens is 2. The molecule has 0 spiro atoms. The summed E-state index contributed by atoms with van der Waals surface area (Å²) in [5.74, 6) is -0.000728. The molecular weight excluding hydrogens is 381 g/mol. The molecule has 0 radical (unpaired) electrons. The number of halogens is 1. The summed E-state index contributed by atoms with van der Waals surface area (Å²) in [6.07, 6.45) is 2.82. The normalized spacial score (nSPS) is 19.2. The van der Waals surface area contributed by atoms with E-state index in [1.165, 1.54) is 18.2 Å². The number of benzene rings is 1. The summed E-state index contributed by atoms with van der Waals surface area (Å²) >= 11 is 0. The molecule has 152 valence electrons. The molecule has 0 bridgehead atoms. The van der Waals surface area contributed by atoms with Gasteiger partial charge in [-0.05, 0) is 58.6 Å². The predicted molar refractivity (Wildman–Crippen MR) is 109 cm³/mol. The van der Waals surface area contributed by atoms with E-state index in [1.54, 1.807) is 11.7 Å². The molecule has 1 aromatic heterocycles. The lowest BCUT2D eigenvalue weighted by atomic mass is 9.94. The molecule has 9 heteroatoms. The molecule has 1 aliphatic rings. The Morgan fingerprint density at radius 2 is 2.07 bits per heavy atom. The van der Waals surface area contributed by atoms with Crippen LogP contribution in [0.5, 0.6) is 0 Å². The van der Waals surface area contributed by atoms with Crippen molar-refractivity contribution in [1.29, 1.82) is 0 Å². The molecule has 0 saturated carbocycles. The Hall–Kier alpha value is -2.39. The van der Waals surface area contributed by atoms with Crippen LogP contribution in [-0.2, 0) is 9.84 Å². The molecule has 1 atom stereocenters. The Kier molecular flexibility index (Phi) is 5.24. The summed E-state index contributed by atoms with van der Waals surface area (Å²) < 4.78 is 42.0. The third kappa shape index (κ3) is 3.64. The first-order valence-corrected chi connectivity index (χ1v) is 10.5. The molecule has 1 aliphatic heterocycles. The van der Waals surface area contributed by atoms with Gasteiger partial charge < -0.3 is 15.5 Å². The Balaban J connectivity index is 2.15. The molecule has 3 rings (SSSR count). The summed E-state index contributed by atoms with van der Waals surface area (Å²) in [7, 11) is 1.61. The molecule has 0 aliphatic carbocycles. The second-order valence-corrected chi connectivity index (χ2v) is 9.42. The minimum Gasteiger partial charge on any atom is -0.370 e. The molecule has 28 heavy (non-hydrogen) atoms. The number of nitrogens with one attached hydrogen (secondary N) is 2. The highest BCUT2D eigenvalue weighted by Crippen LogP contribution is 2.40. The molecule has 0 fully saturated rings. The zero-order valence-electron chi connectivity index (χ0n) is 16.7. The highest BCUT2D eigenvalue weighted by Gasteiger charge is 2.37. The molecular formula is C19H26FN5O2S. The molecule has 2 heterocycles. The van der Waals surface area contributed by atoms with Gasteiger partial charge in [0, 0.05) is 19.3 Å². The molecule has 1 aromatic carbocycles. The zero-order valence-corrected chi connectivity index (χ0v) is 17.6. The highest BCUT2D eigenvalue weighted by molar-refractivity contribution is 7.91. The van der Waals surface area contributed by atoms with Crippen LogP contribution < -0.4 is 10.6 Å². The molecule has 7 nitrogen and oxygen atoms in total. The van der Waals surface area contributed by atoms with Crippen LogP contribution in [-0.4, -0.2) is 56.3 Å². The number of fused-ring (bicyclic) bond motifs is 1. The van der Waals surface area contributed by atoms with E-state index in [-0.39, 0.29) is 15.6 Å². The lowest BCUT2D eigenvalue weighted by Crippen LogP contribution is -2.40. The van der Waals surface area contributed by atoms with Gasteiger partial charge in [-0.2, -0.15) is 0 Å². The van der Waals surface area contributed by atoms with Crippen molar-refractivity contribution in [3.8, 4) is 0 Å². The van der Waals surface area contributed by atoms with Gasteiger partial charge in [0.25, 0.3) is 0 Å². The van der Waals surface area contributed by atoms with Gasteiger partial charge in [0.15, 0.2) is 16.5 Å². The second kappa shape index (κ2) is 7.21. The van der Waals surface area contributed by atoms with E-state index >= 15 is 0 Å². The maximum atomic E-state index is 13.7. The summed E-state index contributed by atoms with van der Waals surface area (Å²) in [6.45, 7) is 4.74. The lowest BCUT2D eigenvalue weighted by molar-refractivity contribution is 0.367. The SMILES string of the molecule is CNc1nn2c(c1S(=O)(=O)c1cccc(F)c1)NC(C)(CCN(C)C)C=C2C. The van der Waals surface area contributed by atoms with Crippen molar-refractivity contribution in [2.45, 2.75) is 35.6 Å². The maximum absolute atomic E-state index is 13.7. The fourth-order valence-electron chi connectivity index (χ4n) is 3.36. The molecule has 0 saturated heterocycles. The number of rotatable bonds is 6. The number of hydrogen-bond acceptors (Lipinski definition) is 6. The molecule has 1 unspecified atom stereocenters. The predicted octanol–water partition coefficient (Wildman–Crippen LogP) is 2.89. The first-order chi connectivity index (χ1) is 13.1.